The fourth-order valence-electron chi connectivity index (χ4n) is 4.02. The van der Waals surface area contributed by atoms with Crippen molar-refractivity contribution in [1.82, 2.24) is 19.9 Å². The molecule has 1 fully saturated rings. The van der Waals surface area contributed by atoms with Gasteiger partial charge in [0.25, 0.3) is 0 Å². The zero-order chi connectivity index (χ0) is 24.6. The summed E-state index contributed by atoms with van der Waals surface area (Å²) < 4.78 is 36.4. The molecule has 3 heterocycles. The Morgan fingerprint density at radius 3 is 2.69 bits per heavy atom. The number of ether oxygens (including phenoxy) is 2. The number of hydrogen-bond acceptors (Lipinski definition) is 7. The number of aromatic nitrogens is 3. The molecule has 1 unspecified atom stereocenters. The first-order valence-electron chi connectivity index (χ1n) is 11.2. The molecular formula is C25H24N4O5S. The number of sulfone groups is 1. The number of hydrogen-bond donors (Lipinski definition) is 1. The second-order valence-electron chi connectivity index (χ2n) is 8.12. The predicted octanol–water partition coefficient (Wildman–Crippen LogP) is 4.09. The van der Waals surface area contributed by atoms with E-state index in [1.165, 1.54) is 19.1 Å². The van der Waals surface area contributed by atoms with E-state index in [4.69, 9.17) is 9.47 Å². The van der Waals surface area contributed by atoms with Crippen molar-refractivity contribution in [3.63, 3.8) is 0 Å². The van der Waals surface area contributed by atoms with Crippen LogP contribution in [0, 0.1) is 0 Å². The number of aromatic amines is 1. The molecule has 0 aliphatic carbocycles. The third-order valence-electron chi connectivity index (χ3n) is 5.87. The quantitative estimate of drug-likeness (QED) is 0.431. The number of H-pyrrole nitrogens is 1. The SMILES string of the molecule is CCS(=O)(=O)c1ccc(Oc2cc3nc(-c4ccccn4)[nH]c3cc2C2OCCN2C(C)=O)cc1. The Bertz CT molecular complexity index is 1480. The van der Waals surface area contributed by atoms with Crippen molar-refractivity contribution in [2.24, 2.45) is 0 Å². The summed E-state index contributed by atoms with van der Waals surface area (Å²) in [5.74, 6) is 1.43. The van der Waals surface area contributed by atoms with E-state index in [0.717, 1.165) is 5.52 Å². The molecule has 0 saturated carbocycles. The largest absolute Gasteiger partial charge is 0.457 e. The lowest BCUT2D eigenvalue weighted by molar-refractivity contribution is -0.133. The van der Waals surface area contributed by atoms with Gasteiger partial charge in [-0.25, -0.2) is 13.4 Å². The first kappa shape index (κ1) is 23.0. The van der Waals surface area contributed by atoms with Gasteiger partial charge in [0.05, 0.1) is 28.3 Å². The van der Waals surface area contributed by atoms with E-state index in [1.807, 2.05) is 24.3 Å². The van der Waals surface area contributed by atoms with Crippen molar-refractivity contribution in [1.29, 1.82) is 0 Å². The Labute approximate surface area is 202 Å². The molecule has 0 radical (unpaired) electrons. The molecule has 5 rings (SSSR count). The first-order valence-corrected chi connectivity index (χ1v) is 12.9. The average Bonchev–Trinajstić information content (AvgIpc) is 3.52. The Morgan fingerprint density at radius 2 is 2.00 bits per heavy atom. The highest BCUT2D eigenvalue weighted by atomic mass is 32.2. The third kappa shape index (κ3) is 4.50. The van der Waals surface area contributed by atoms with Gasteiger partial charge in [-0.2, -0.15) is 0 Å². The minimum atomic E-state index is -3.32. The zero-order valence-corrected chi connectivity index (χ0v) is 20.1. The molecule has 4 aromatic rings. The molecule has 1 amide bonds. The number of carbonyl (C=O) groups excluding carboxylic acids is 1. The lowest BCUT2D eigenvalue weighted by Crippen LogP contribution is -2.28. The molecule has 9 nitrogen and oxygen atoms in total. The number of nitrogens with zero attached hydrogens (tertiary/aromatic N) is 3. The number of nitrogens with one attached hydrogen (secondary N) is 1. The van der Waals surface area contributed by atoms with Gasteiger partial charge in [-0.15, -0.1) is 0 Å². The van der Waals surface area contributed by atoms with Gasteiger partial charge in [0.2, 0.25) is 5.91 Å². The number of imidazole rings is 1. The second-order valence-corrected chi connectivity index (χ2v) is 10.4. The van der Waals surface area contributed by atoms with Gasteiger partial charge in [0.1, 0.15) is 17.2 Å². The van der Waals surface area contributed by atoms with Crippen LogP contribution in [0.2, 0.25) is 0 Å². The highest BCUT2D eigenvalue weighted by Crippen LogP contribution is 2.38. The zero-order valence-electron chi connectivity index (χ0n) is 19.3. The van der Waals surface area contributed by atoms with E-state index in [1.54, 1.807) is 36.2 Å². The van der Waals surface area contributed by atoms with Crippen LogP contribution in [0.4, 0.5) is 0 Å². The van der Waals surface area contributed by atoms with Crippen molar-refractivity contribution in [2.45, 2.75) is 25.0 Å². The molecule has 1 N–H and O–H groups in total. The predicted molar refractivity (Wildman–Crippen MR) is 130 cm³/mol. The van der Waals surface area contributed by atoms with Crippen molar-refractivity contribution < 1.29 is 22.7 Å². The van der Waals surface area contributed by atoms with Crippen LogP contribution in [0.25, 0.3) is 22.6 Å². The third-order valence-corrected chi connectivity index (χ3v) is 7.62. The summed E-state index contributed by atoms with van der Waals surface area (Å²) in [5.41, 5.74) is 2.76. The molecule has 1 aliphatic heterocycles. The normalized spacial score (nSPS) is 16.1. The van der Waals surface area contributed by atoms with Gasteiger partial charge in [-0.3, -0.25) is 9.78 Å². The molecule has 0 spiro atoms. The number of pyridine rings is 1. The van der Waals surface area contributed by atoms with E-state index in [0.29, 0.717) is 47.2 Å². The molecule has 10 heteroatoms. The van der Waals surface area contributed by atoms with Crippen LogP contribution in [0.15, 0.2) is 65.7 Å². The van der Waals surface area contributed by atoms with E-state index < -0.39 is 16.1 Å². The fraction of sp³-hybridized carbons (Fsp3) is 0.240. The van der Waals surface area contributed by atoms with E-state index in [-0.39, 0.29) is 16.6 Å². The van der Waals surface area contributed by atoms with Crippen molar-refractivity contribution in [3.8, 4) is 23.0 Å². The van der Waals surface area contributed by atoms with Gasteiger partial charge >= 0.3 is 0 Å². The van der Waals surface area contributed by atoms with Gasteiger partial charge < -0.3 is 19.4 Å². The highest BCUT2D eigenvalue weighted by molar-refractivity contribution is 7.91. The minimum absolute atomic E-state index is 0.0195. The standard InChI is InChI=1S/C25H24N4O5S/c1-3-35(31,32)18-9-7-17(8-10-18)34-23-15-22-21(27-24(28-22)20-6-4-5-11-26-20)14-19(23)25-29(16(2)30)12-13-33-25/h4-11,14-15,25H,3,12-13H2,1-2H3,(H,27,28). The summed E-state index contributed by atoms with van der Waals surface area (Å²) >= 11 is 0. The van der Waals surface area contributed by atoms with E-state index in [2.05, 4.69) is 15.0 Å². The minimum Gasteiger partial charge on any atom is -0.457 e. The Morgan fingerprint density at radius 1 is 1.20 bits per heavy atom. The molecule has 2 aromatic carbocycles. The maximum atomic E-state index is 12.2. The fourth-order valence-corrected chi connectivity index (χ4v) is 4.90. The summed E-state index contributed by atoms with van der Waals surface area (Å²) in [6.45, 7) is 3.99. The smallest absolute Gasteiger partial charge is 0.221 e. The Balaban J connectivity index is 1.58. The molecule has 0 bridgehead atoms. The van der Waals surface area contributed by atoms with E-state index >= 15 is 0 Å². The highest BCUT2D eigenvalue weighted by Gasteiger charge is 2.32. The van der Waals surface area contributed by atoms with Crippen molar-refractivity contribution in [2.75, 3.05) is 18.9 Å². The summed E-state index contributed by atoms with van der Waals surface area (Å²) in [6, 6.07) is 15.5. The van der Waals surface area contributed by atoms with Gasteiger partial charge in [-0.1, -0.05) is 13.0 Å². The van der Waals surface area contributed by atoms with Crippen molar-refractivity contribution in [3.05, 3.63) is 66.4 Å². The summed E-state index contributed by atoms with van der Waals surface area (Å²) in [6.07, 6.45) is 1.08. The van der Waals surface area contributed by atoms with Crippen LogP contribution >= 0.6 is 0 Å². The molecule has 1 aliphatic rings. The number of fused-ring (bicyclic) bond motifs is 1. The van der Waals surface area contributed by atoms with Gasteiger partial charge in [0, 0.05) is 31.3 Å². The van der Waals surface area contributed by atoms with Crippen LogP contribution in [0.1, 0.15) is 25.6 Å². The summed E-state index contributed by atoms with van der Waals surface area (Å²) in [7, 11) is -3.32. The number of carbonyl (C=O) groups is 1. The summed E-state index contributed by atoms with van der Waals surface area (Å²) in [4.78, 5) is 26.4. The lowest BCUT2D eigenvalue weighted by Gasteiger charge is -2.24. The topological polar surface area (TPSA) is 114 Å². The molecule has 180 valence electrons. The number of rotatable bonds is 6. The van der Waals surface area contributed by atoms with Crippen LogP contribution in [-0.4, -0.2) is 53.1 Å². The summed E-state index contributed by atoms with van der Waals surface area (Å²) in [5, 5.41) is 0. The molecule has 2 aromatic heterocycles. The molecule has 35 heavy (non-hydrogen) atoms. The number of benzene rings is 2. The van der Waals surface area contributed by atoms with Crippen LogP contribution in [0.5, 0.6) is 11.5 Å². The van der Waals surface area contributed by atoms with Crippen molar-refractivity contribution >= 4 is 26.8 Å². The number of amides is 1. The van der Waals surface area contributed by atoms with Gasteiger partial charge in [0.15, 0.2) is 21.9 Å². The van der Waals surface area contributed by atoms with Crippen LogP contribution in [-0.2, 0) is 19.4 Å². The molecular weight excluding hydrogens is 468 g/mol. The van der Waals surface area contributed by atoms with Gasteiger partial charge in [-0.05, 0) is 42.5 Å². The Kier molecular flexibility index (Phi) is 6.00. The first-order chi connectivity index (χ1) is 16.9. The van der Waals surface area contributed by atoms with Crippen LogP contribution < -0.4 is 4.74 Å². The molecule has 1 saturated heterocycles. The maximum Gasteiger partial charge on any atom is 0.221 e. The average molecular weight is 493 g/mol. The second kappa shape index (κ2) is 9.12. The maximum absolute atomic E-state index is 12.2. The monoisotopic (exact) mass is 492 g/mol. The Hall–Kier alpha value is -3.76. The lowest BCUT2D eigenvalue weighted by atomic mass is 10.1. The van der Waals surface area contributed by atoms with Crippen LogP contribution in [0.3, 0.4) is 0 Å². The van der Waals surface area contributed by atoms with E-state index in [9.17, 15) is 13.2 Å². The molecule has 1 atom stereocenters.